The van der Waals surface area contributed by atoms with Crippen molar-refractivity contribution in [2.24, 2.45) is 0 Å². The zero-order valence-corrected chi connectivity index (χ0v) is 15.9. The van der Waals surface area contributed by atoms with E-state index >= 15 is 0 Å². The van der Waals surface area contributed by atoms with Crippen LogP contribution in [-0.4, -0.2) is 15.6 Å². The van der Waals surface area contributed by atoms with Crippen LogP contribution in [0.2, 0.25) is 0 Å². The number of phenols is 1. The SMILES string of the molecule is O=C(Nc1ccccc1F)c1cn(Cc2ccc(O)cc2)c2c(F)ccc(F)c2c1=O. The molecule has 0 aliphatic rings. The van der Waals surface area contributed by atoms with Crippen molar-refractivity contribution in [2.45, 2.75) is 6.54 Å². The number of benzene rings is 3. The van der Waals surface area contributed by atoms with Crippen molar-refractivity contribution in [1.82, 2.24) is 4.57 Å². The highest BCUT2D eigenvalue weighted by Gasteiger charge is 2.21. The van der Waals surface area contributed by atoms with Crippen molar-refractivity contribution in [3.05, 3.63) is 106 Å². The number of hydrogen-bond acceptors (Lipinski definition) is 3. The van der Waals surface area contributed by atoms with Gasteiger partial charge in [0.15, 0.2) is 0 Å². The minimum atomic E-state index is -1.01. The Kier molecular flexibility index (Phi) is 5.21. The average molecular weight is 424 g/mol. The monoisotopic (exact) mass is 424 g/mol. The molecule has 0 aliphatic heterocycles. The first-order chi connectivity index (χ1) is 14.8. The van der Waals surface area contributed by atoms with Crippen LogP contribution in [0, 0.1) is 17.5 Å². The molecular weight excluding hydrogens is 409 g/mol. The fourth-order valence-electron chi connectivity index (χ4n) is 3.29. The summed E-state index contributed by atoms with van der Waals surface area (Å²) in [6.07, 6.45) is 1.11. The fourth-order valence-corrected chi connectivity index (χ4v) is 3.29. The maximum absolute atomic E-state index is 14.6. The number of pyridine rings is 1. The van der Waals surface area contributed by atoms with E-state index < -0.39 is 39.7 Å². The van der Waals surface area contributed by atoms with Gasteiger partial charge in [-0.05, 0) is 42.0 Å². The van der Waals surface area contributed by atoms with Crippen LogP contribution < -0.4 is 10.7 Å². The summed E-state index contributed by atoms with van der Waals surface area (Å²) in [5.74, 6) is -3.47. The van der Waals surface area contributed by atoms with Crippen molar-refractivity contribution in [1.29, 1.82) is 0 Å². The molecule has 8 heteroatoms. The smallest absolute Gasteiger partial charge is 0.261 e. The molecule has 1 heterocycles. The highest BCUT2D eigenvalue weighted by molar-refractivity contribution is 6.05. The van der Waals surface area contributed by atoms with Crippen molar-refractivity contribution >= 4 is 22.5 Å². The van der Waals surface area contributed by atoms with Gasteiger partial charge in [0.1, 0.15) is 28.8 Å². The van der Waals surface area contributed by atoms with Crippen LogP contribution in [0.4, 0.5) is 18.9 Å². The number of aromatic hydroxyl groups is 1. The van der Waals surface area contributed by atoms with Gasteiger partial charge in [0.25, 0.3) is 5.91 Å². The summed E-state index contributed by atoms with van der Waals surface area (Å²) in [6.45, 7) is -0.0165. The fraction of sp³-hybridized carbons (Fsp3) is 0.0435. The number of hydrogen-bond donors (Lipinski definition) is 2. The lowest BCUT2D eigenvalue weighted by Gasteiger charge is -2.15. The summed E-state index contributed by atoms with van der Waals surface area (Å²) in [5, 5.41) is 11.2. The molecule has 156 valence electrons. The molecule has 1 aromatic heterocycles. The second kappa shape index (κ2) is 7.98. The topological polar surface area (TPSA) is 71.3 Å². The van der Waals surface area contributed by atoms with Crippen molar-refractivity contribution in [3.8, 4) is 5.75 Å². The Morgan fingerprint density at radius 3 is 2.29 bits per heavy atom. The summed E-state index contributed by atoms with van der Waals surface area (Å²) in [6, 6.07) is 13.0. The Morgan fingerprint density at radius 1 is 0.903 bits per heavy atom. The van der Waals surface area contributed by atoms with E-state index in [0.717, 1.165) is 24.4 Å². The van der Waals surface area contributed by atoms with Crippen LogP contribution >= 0.6 is 0 Å². The van der Waals surface area contributed by atoms with Gasteiger partial charge in [-0.2, -0.15) is 0 Å². The zero-order chi connectivity index (χ0) is 22.1. The van der Waals surface area contributed by atoms with E-state index in [1.54, 1.807) is 12.1 Å². The Morgan fingerprint density at radius 2 is 1.58 bits per heavy atom. The Labute approximate surface area is 174 Å². The predicted octanol–water partition coefficient (Wildman–Crippen LogP) is 4.43. The lowest BCUT2D eigenvalue weighted by molar-refractivity contribution is 0.102. The number of rotatable bonds is 4. The van der Waals surface area contributed by atoms with Crippen LogP contribution in [0.1, 0.15) is 15.9 Å². The molecule has 4 rings (SSSR count). The molecule has 5 nitrogen and oxygen atoms in total. The third-order valence-electron chi connectivity index (χ3n) is 4.78. The van der Waals surface area contributed by atoms with Crippen molar-refractivity contribution in [2.75, 3.05) is 5.32 Å². The van der Waals surface area contributed by atoms with Gasteiger partial charge >= 0.3 is 0 Å². The van der Waals surface area contributed by atoms with Gasteiger partial charge < -0.3 is 15.0 Å². The molecule has 0 spiro atoms. The van der Waals surface area contributed by atoms with Crippen LogP contribution in [0.3, 0.4) is 0 Å². The summed E-state index contributed by atoms with van der Waals surface area (Å²) < 4.78 is 44.3. The summed E-state index contributed by atoms with van der Waals surface area (Å²) in [7, 11) is 0. The molecular formula is C23H15F3N2O3. The molecule has 0 saturated heterocycles. The van der Waals surface area contributed by atoms with Gasteiger partial charge in [-0.1, -0.05) is 24.3 Å². The number of carbonyl (C=O) groups excluding carboxylic acids is 1. The van der Waals surface area contributed by atoms with Gasteiger partial charge in [-0.15, -0.1) is 0 Å². The number of nitrogens with one attached hydrogen (secondary N) is 1. The van der Waals surface area contributed by atoms with E-state index in [4.69, 9.17) is 0 Å². The van der Waals surface area contributed by atoms with Crippen molar-refractivity contribution < 1.29 is 23.1 Å². The Hall–Kier alpha value is -4.07. The molecule has 0 atom stereocenters. The van der Waals surface area contributed by atoms with Gasteiger partial charge in [0.05, 0.1) is 16.6 Å². The number of anilines is 1. The molecule has 0 radical (unpaired) electrons. The largest absolute Gasteiger partial charge is 0.508 e. The van der Waals surface area contributed by atoms with Gasteiger partial charge in [0, 0.05) is 12.7 Å². The first kappa shape index (κ1) is 20.2. The maximum atomic E-state index is 14.6. The molecule has 0 fully saturated rings. The summed E-state index contributed by atoms with van der Waals surface area (Å²) in [5.41, 5.74) is -1.34. The van der Waals surface area contributed by atoms with Crippen LogP contribution in [0.15, 0.2) is 71.7 Å². The van der Waals surface area contributed by atoms with Crippen LogP contribution in [0.25, 0.3) is 10.9 Å². The molecule has 0 unspecified atom stereocenters. The Bertz CT molecular complexity index is 1370. The molecule has 0 saturated carbocycles. The molecule has 1 amide bonds. The average Bonchev–Trinajstić information content (AvgIpc) is 2.75. The quantitative estimate of drug-likeness (QED) is 0.509. The van der Waals surface area contributed by atoms with Gasteiger partial charge in [0.2, 0.25) is 5.43 Å². The third-order valence-corrected chi connectivity index (χ3v) is 4.78. The van der Waals surface area contributed by atoms with Crippen molar-refractivity contribution in [3.63, 3.8) is 0 Å². The number of aromatic nitrogens is 1. The van der Waals surface area contributed by atoms with E-state index in [1.807, 2.05) is 0 Å². The molecule has 3 aromatic carbocycles. The second-order valence-corrected chi connectivity index (χ2v) is 6.85. The highest BCUT2D eigenvalue weighted by atomic mass is 19.1. The number of nitrogens with zero attached hydrogens (tertiary/aromatic N) is 1. The first-order valence-corrected chi connectivity index (χ1v) is 9.20. The molecule has 0 aliphatic carbocycles. The van der Waals surface area contributed by atoms with Crippen LogP contribution in [-0.2, 0) is 6.54 Å². The Balaban J connectivity index is 1.88. The van der Waals surface area contributed by atoms with E-state index in [-0.39, 0.29) is 23.5 Å². The number of halogens is 3. The molecule has 31 heavy (non-hydrogen) atoms. The van der Waals surface area contributed by atoms with Crippen LogP contribution in [0.5, 0.6) is 5.75 Å². The maximum Gasteiger partial charge on any atom is 0.261 e. The zero-order valence-electron chi connectivity index (χ0n) is 15.9. The minimum Gasteiger partial charge on any atom is -0.508 e. The lowest BCUT2D eigenvalue weighted by atomic mass is 10.1. The number of phenolic OH excluding ortho intramolecular Hbond substituents is 1. The highest BCUT2D eigenvalue weighted by Crippen LogP contribution is 2.22. The number of para-hydroxylation sites is 1. The summed E-state index contributed by atoms with van der Waals surface area (Å²) >= 11 is 0. The molecule has 0 bridgehead atoms. The minimum absolute atomic E-state index is 0.0165. The molecule has 2 N–H and O–H groups in total. The number of fused-ring (bicyclic) bond motifs is 1. The van der Waals surface area contributed by atoms with Gasteiger partial charge in [-0.3, -0.25) is 9.59 Å². The number of carbonyl (C=O) groups is 1. The standard InChI is InChI=1S/C23H15F3N2O3/c24-16-3-1-2-4-19(16)27-23(31)15-12-28(11-13-5-7-14(29)8-6-13)21-18(26)10-9-17(25)20(21)22(15)30/h1-10,12,29H,11H2,(H,27,31). The summed E-state index contributed by atoms with van der Waals surface area (Å²) in [4.78, 5) is 25.6. The predicted molar refractivity (Wildman–Crippen MR) is 110 cm³/mol. The lowest BCUT2D eigenvalue weighted by Crippen LogP contribution is -2.25. The third kappa shape index (κ3) is 3.87. The van der Waals surface area contributed by atoms with Gasteiger partial charge in [-0.25, -0.2) is 13.2 Å². The van der Waals surface area contributed by atoms with E-state index in [0.29, 0.717) is 5.56 Å². The molecule has 4 aromatic rings. The first-order valence-electron chi connectivity index (χ1n) is 9.20. The van der Waals surface area contributed by atoms with E-state index in [9.17, 15) is 27.9 Å². The second-order valence-electron chi connectivity index (χ2n) is 6.85. The normalized spacial score (nSPS) is 10.9. The number of amides is 1. The van der Waals surface area contributed by atoms with E-state index in [1.165, 1.54) is 34.9 Å². The van der Waals surface area contributed by atoms with E-state index in [2.05, 4.69) is 5.32 Å².